The molecule has 0 amide bonds. The number of hydrogen-bond acceptors (Lipinski definition) is 18. The number of benzene rings is 9. The third kappa shape index (κ3) is 21.9. The Bertz CT molecular complexity index is 6870. The summed E-state index contributed by atoms with van der Waals surface area (Å²) in [5, 5.41) is 2.30. The molecule has 0 bridgehead atoms. The fourth-order valence-electron chi connectivity index (χ4n) is 18.3. The number of methoxy groups -OCH3 is 5. The van der Waals surface area contributed by atoms with E-state index in [1.165, 1.54) is 29.8 Å². The zero-order valence-electron chi connectivity index (χ0n) is 77.0. The third-order valence-electron chi connectivity index (χ3n) is 25.1. The molecule has 0 N–H and O–H groups in total. The van der Waals surface area contributed by atoms with Crippen LogP contribution in [-0.4, -0.2) is 126 Å². The molecule has 137 heavy (non-hydrogen) atoms. The Morgan fingerprint density at radius 3 is 0.883 bits per heavy atom. The van der Waals surface area contributed by atoms with Crippen molar-refractivity contribution in [1.82, 2.24) is 58.1 Å². The maximum Gasteiger partial charge on any atom is 0.573 e. The monoisotopic (exact) mass is 1840 g/mol. The molecule has 696 valence electrons. The summed E-state index contributed by atoms with van der Waals surface area (Å²) in [7, 11) is 8.35. The molecule has 0 fully saturated rings. The molecule has 9 aromatic carbocycles. The first-order valence-electron chi connectivity index (χ1n) is 45.8. The number of alkyl halides is 3. The Kier molecular flexibility index (Phi) is 29.1. The van der Waals surface area contributed by atoms with Crippen molar-refractivity contribution in [3.8, 4) is 125 Å². The van der Waals surface area contributed by atoms with Gasteiger partial charge in [-0.3, -0.25) is 19.9 Å². The summed E-state index contributed by atoms with van der Waals surface area (Å²) >= 11 is 0. The lowest BCUT2D eigenvalue weighted by molar-refractivity contribution is -0.274. The molecule has 21 rings (SSSR count). The average molecular weight is 1840 g/mol. The standard InChI is InChI=1S/C31H29N3O3.C27H24F3N3O3.C27H27N3O2.C26H24FN3O2/c1-35-27-9-3-21(4-10-27)19-37-20-26-8-12-29-33-30(31(34(26)29)22-13-15-32-16-14-22)25-6-5-24-18-28(36-2)11-7-23(24)17-25;1-34-22-7-2-18(3-8-22)16-35-17-21-6-11-24-32-25(26(33(21)24)20-12-14-31-15-13-20)19-4-9-23(10-5-19)36-27(28,29)30;1-19-3-7-21(8-4-19)26-27(22-13-15-28-16-14-22)30-23(9-12-25(30)29-26)18-32-17-20-5-10-24(31-2)11-6-20;1-31-23-8-5-18(6-9-23)16-32-17-22-7-10-24-29-25(20-3-2-4-21(27)15-20)26(30(22)24)19-11-13-28-14-12-19/h3-7,9-11,13-18,26H,8,12,19-20H2,1-2H3;2-5,7-10,12-15,21H,6,11,16-17H2,1H3;3-8,10-11,13-16,23H,9,12,17-18H2,1-2H3;2-6,8-9,11-15,22H,7,10,16-17H2,1H3/t26-;21-;23-;22-/m0000/s1. The predicted molar refractivity (Wildman–Crippen MR) is 519 cm³/mol. The number of aryl methyl sites for hydroxylation is 5. The number of halogens is 4. The van der Waals surface area contributed by atoms with E-state index in [-0.39, 0.29) is 35.7 Å². The Morgan fingerprint density at radius 2 is 0.569 bits per heavy atom. The molecule has 0 saturated heterocycles. The summed E-state index contributed by atoms with van der Waals surface area (Å²) in [6.45, 7) is 6.63. The van der Waals surface area contributed by atoms with Gasteiger partial charge in [0.15, 0.2) is 0 Å². The number of ether oxygens (including phenoxy) is 10. The minimum atomic E-state index is -4.74. The first-order chi connectivity index (χ1) is 67.1. The van der Waals surface area contributed by atoms with Gasteiger partial charge in [0, 0.05) is 120 Å². The van der Waals surface area contributed by atoms with Gasteiger partial charge < -0.3 is 65.6 Å². The van der Waals surface area contributed by atoms with Crippen LogP contribution in [0, 0.1) is 12.7 Å². The van der Waals surface area contributed by atoms with Crippen molar-refractivity contribution >= 4 is 10.8 Å². The number of hydrogen-bond donors (Lipinski definition) is 0. The second kappa shape index (κ2) is 43.2. The van der Waals surface area contributed by atoms with Crippen molar-refractivity contribution in [2.24, 2.45) is 0 Å². The van der Waals surface area contributed by atoms with Gasteiger partial charge in [-0.15, -0.1) is 13.2 Å². The molecule has 26 heteroatoms. The van der Waals surface area contributed by atoms with Crippen LogP contribution in [0.25, 0.3) is 101 Å². The van der Waals surface area contributed by atoms with Gasteiger partial charge in [-0.25, -0.2) is 24.3 Å². The maximum absolute atomic E-state index is 14.0. The largest absolute Gasteiger partial charge is 0.573 e. The van der Waals surface area contributed by atoms with E-state index in [0.717, 1.165) is 215 Å². The van der Waals surface area contributed by atoms with E-state index in [1.54, 1.807) is 78.5 Å². The van der Waals surface area contributed by atoms with Gasteiger partial charge in [0.1, 0.15) is 63.6 Å². The summed E-state index contributed by atoms with van der Waals surface area (Å²) in [5.41, 5.74) is 21.3. The van der Waals surface area contributed by atoms with Gasteiger partial charge in [-0.05, 0) is 217 Å². The lowest BCUT2D eigenvalue weighted by Gasteiger charge is -2.18. The zero-order valence-corrected chi connectivity index (χ0v) is 77.0. The average Bonchev–Trinajstić information content (AvgIpc) is 1.62. The number of aromatic nitrogens is 12. The van der Waals surface area contributed by atoms with Gasteiger partial charge in [0.05, 0.1) is 158 Å². The molecular weight excluding hydrogens is 1740 g/mol. The lowest BCUT2D eigenvalue weighted by atomic mass is 10.0. The van der Waals surface area contributed by atoms with Crippen LogP contribution in [0.15, 0.2) is 304 Å². The molecule has 0 aliphatic carbocycles. The number of rotatable bonds is 30. The van der Waals surface area contributed by atoms with E-state index >= 15 is 0 Å². The zero-order chi connectivity index (χ0) is 94.1. The first kappa shape index (κ1) is 92.5. The van der Waals surface area contributed by atoms with Gasteiger partial charge in [-0.2, -0.15) is 0 Å². The van der Waals surface area contributed by atoms with Crippen molar-refractivity contribution in [3.63, 3.8) is 0 Å². The fourth-order valence-corrected chi connectivity index (χ4v) is 18.3. The highest BCUT2D eigenvalue weighted by molar-refractivity contribution is 5.91. The molecule has 4 atom stereocenters. The highest BCUT2D eigenvalue weighted by Crippen LogP contribution is 2.46. The van der Waals surface area contributed by atoms with Crippen molar-refractivity contribution in [1.29, 1.82) is 0 Å². The Morgan fingerprint density at radius 1 is 0.292 bits per heavy atom. The third-order valence-corrected chi connectivity index (χ3v) is 25.1. The van der Waals surface area contributed by atoms with E-state index in [0.29, 0.717) is 64.1 Å². The molecule has 22 nitrogen and oxygen atoms in total. The van der Waals surface area contributed by atoms with E-state index < -0.39 is 6.36 Å². The van der Waals surface area contributed by atoms with Crippen molar-refractivity contribution in [3.05, 3.63) is 361 Å². The first-order valence-corrected chi connectivity index (χ1v) is 45.8. The second-order valence-corrected chi connectivity index (χ2v) is 33.9. The van der Waals surface area contributed by atoms with Crippen LogP contribution in [0.2, 0.25) is 0 Å². The summed E-state index contributed by atoms with van der Waals surface area (Å²) in [5.74, 6) is 7.83. The van der Waals surface area contributed by atoms with Gasteiger partial charge in [0.25, 0.3) is 0 Å². The Labute approximate surface area is 792 Å². The van der Waals surface area contributed by atoms with Gasteiger partial charge >= 0.3 is 6.36 Å². The summed E-state index contributed by atoms with van der Waals surface area (Å²) < 4.78 is 116. The van der Waals surface area contributed by atoms with Crippen molar-refractivity contribution in [2.45, 2.75) is 115 Å². The number of pyridine rings is 4. The highest BCUT2D eigenvalue weighted by atomic mass is 19.4. The second-order valence-electron chi connectivity index (χ2n) is 33.9. The topological polar surface area (TPSA) is 215 Å². The number of fused-ring (bicyclic) bond motifs is 5. The summed E-state index contributed by atoms with van der Waals surface area (Å²) in [6, 6.07) is 82.2. The van der Waals surface area contributed by atoms with Crippen LogP contribution in [0.5, 0.6) is 34.5 Å². The van der Waals surface area contributed by atoms with Crippen molar-refractivity contribution in [2.75, 3.05) is 62.0 Å². The number of imidazole rings is 4. The fraction of sp³-hybridized carbons (Fsp3) is 0.243. The van der Waals surface area contributed by atoms with E-state index in [1.807, 2.05) is 158 Å². The normalized spacial score (nSPS) is 14.9. The molecule has 0 saturated carbocycles. The Balaban J connectivity index is 0.000000122. The maximum atomic E-state index is 14.0. The quantitative estimate of drug-likeness (QED) is 0.0383. The summed E-state index contributed by atoms with van der Waals surface area (Å²) in [4.78, 5) is 36.8. The smallest absolute Gasteiger partial charge is 0.497 e. The van der Waals surface area contributed by atoms with Crippen LogP contribution in [0.3, 0.4) is 0 Å². The number of nitrogens with zero attached hydrogens (tertiary/aromatic N) is 12. The van der Waals surface area contributed by atoms with Crippen LogP contribution >= 0.6 is 0 Å². The lowest BCUT2D eigenvalue weighted by Crippen LogP contribution is -2.16. The molecule has 4 aliphatic heterocycles. The highest BCUT2D eigenvalue weighted by Gasteiger charge is 2.37. The minimum absolute atomic E-state index is 0.0792. The van der Waals surface area contributed by atoms with E-state index in [2.05, 4.69) is 129 Å². The molecule has 12 heterocycles. The predicted octanol–water partition coefficient (Wildman–Crippen LogP) is 23.8. The molecule has 17 aromatic rings. The summed E-state index contributed by atoms with van der Waals surface area (Å²) in [6.07, 6.45) is 17.1. The van der Waals surface area contributed by atoms with Crippen LogP contribution in [0.1, 0.15) is 101 Å². The van der Waals surface area contributed by atoms with Crippen LogP contribution < -0.4 is 28.4 Å². The van der Waals surface area contributed by atoms with Gasteiger partial charge in [0.2, 0.25) is 0 Å². The molecule has 0 radical (unpaired) electrons. The molecular formula is C111H104F4N12O10. The molecule has 8 aromatic heterocycles. The van der Waals surface area contributed by atoms with Crippen molar-refractivity contribution < 1.29 is 64.9 Å². The van der Waals surface area contributed by atoms with E-state index in [9.17, 15) is 17.6 Å². The minimum Gasteiger partial charge on any atom is -0.497 e. The SMILES string of the molecule is COc1ccc(COC[C@@H]2CCc3nc(-c4ccc(C)cc4)c(-c4ccncc4)n32)cc1.COc1ccc(COC[C@@H]2CCc3nc(-c4ccc(OC(F)(F)F)cc4)c(-c4ccncc4)n32)cc1.COc1ccc(COC[C@@H]2CCc3nc(-c4ccc5cc(OC)ccc5c4)c(-c4ccncc4)n32)cc1.COc1ccc(COC[C@@H]2CCc3nc(-c4cccc(F)c4)c(-c4ccncc4)n32)cc1. The molecule has 0 unspecified atom stereocenters. The van der Waals surface area contributed by atoms with Gasteiger partial charge in [-0.1, -0.05) is 109 Å². The van der Waals surface area contributed by atoms with Crippen LogP contribution in [-0.2, 0) is 71.1 Å². The molecule has 4 aliphatic rings. The Hall–Kier alpha value is -15.0. The van der Waals surface area contributed by atoms with E-state index in [4.69, 9.17) is 62.6 Å². The molecule has 0 spiro atoms. The van der Waals surface area contributed by atoms with Crippen LogP contribution in [0.4, 0.5) is 17.6 Å².